The van der Waals surface area contributed by atoms with Crippen LogP contribution in [0.3, 0.4) is 0 Å². The van der Waals surface area contributed by atoms with Gasteiger partial charge in [0.05, 0.1) is 5.41 Å². The van der Waals surface area contributed by atoms with Crippen LogP contribution in [-0.2, 0) is 10.2 Å². The van der Waals surface area contributed by atoms with Gasteiger partial charge >= 0.3 is 0 Å². The quantitative estimate of drug-likeness (QED) is 0.741. The predicted molar refractivity (Wildman–Crippen MR) is 94.4 cm³/mol. The highest BCUT2D eigenvalue weighted by molar-refractivity contribution is 6.30. The van der Waals surface area contributed by atoms with E-state index in [2.05, 4.69) is 10.3 Å². The minimum Gasteiger partial charge on any atom is -0.441 e. The number of nitrogens with zero attached hydrogens (tertiary/aromatic N) is 1. The first-order valence-electron chi connectivity index (χ1n) is 8.02. The smallest absolute Gasteiger partial charge is 0.235 e. The zero-order valence-electron chi connectivity index (χ0n) is 13.3. The van der Waals surface area contributed by atoms with Crippen LogP contribution in [0.5, 0.6) is 0 Å². The Kier molecular flexibility index (Phi) is 3.57. The third-order valence-corrected chi connectivity index (χ3v) is 5.01. The van der Waals surface area contributed by atoms with E-state index in [4.69, 9.17) is 16.0 Å². The molecule has 0 bridgehead atoms. The summed E-state index contributed by atoms with van der Waals surface area (Å²) >= 11 is 6.11. The molecule has 5 heteroatoms. The van der Waals surface area contributed by atoms with Crippen molar-refractivity contribution in [3.05, 3.63) is 58.9 Å². The molecule has 1 heterocycles. The number of anilines is 1. The second kappa shape index (κ2) is 5.64. The fourth-order valence-electron chi connectivity index (χ4n) is 3.33. The highest BCUT2D eigenvalue weighted by Gasteiger charge is 2.45. The summed E-state index contributed by atoms with van der Waals surface area (Å²) in [6, 6.07) is 13.1. The summed E-state index contributed by atoms with van der Waals surface area (Å²) in [7, 11) is 0. The van der Waals surface area contributed by atoms with Crippen molar-refractivity contribution in [2.75, 3.05) is 5.32 Å². The first-order valence-corrected chi connectivity index (χ1v) is 8.39. The highest BCUT2D eigenvalue weighted by atomic mass is 35.5. The van der Waals surface area contributed by atoms with Gasteiger partial charge in [0, 0.05) is 17.6 Å². The number of aromatic nitrogens is 1. The van der Waals surface area contributed by atoms with Gasteiger partial charge in [0.25, 0.3) is 0 Å². The van der Waals surface area contributed by atoms with E-state index in [0.717, 1.165) is 41.6 Å². The van der Waals surface area contributed by atoms with E-state index in [1.165, 1.54) is 0 Å². The lowest BCUT2D eigenvalue weighted by Gasteiger charge is -2.40. The van der Waals surface area contributed by atoms with Gasteiger partial charge in [-0.15, -0.1) is 0 Å². The normalized spacial score (nSPS) is 15.9. The number of nitrogens with one attached hydrogen (secondary N) is 1. The van der Waals surface area contributed by atoms with Gasteiger partial charge in [-0.2, -0.15) is 0 Å². The molecule has 3 aromatic rings. The Hall–Kier alpha value is -2.33. The van der Waals surface area contributed by atoms with E-state index in [0.29, 0.717) is 10.9 Å². The first kappa shape index (κ1) is 15.2. The summed E-state index contributed by atoms with van der Waals surface area (Å²) in [5.41, 5.74) is 2.69. The SMILES string of the molecule is Cc1nc2cc(NC(=O)C3(c4cccc(Cl)c4)CCC3)ccc2o1. The van der Waals surface area contributed by atoms with Crippen LogP contribution >= 0.6 is 11.6 Å². The van der Waals surface area contributed by atoms with E-state index < -0.39 is 5.41 Å². The van der Waals surface area contributed by atoms with Crippen molar-refractivity contribution in [2.45, 2.75) is 31.6 Å². The van der Waals surface area contributed by atoms with Crippen molar-refractivity contribution >= 4 is 34.3 Å². The number of hydrogen-bond acceptors (Lipinski definition) is 3. The number of halogens is 1. The second-order valence-electron chi connectivity index (χ2n) is 6.32. The Balaban J connectivity index is 1.63. The molecule has 0 atom stereocenters. The lowest BCUT2D eigenvalue weighted by Crippen LogP contribution is -2.46. The van der Waals surface area contributed by atoms with Crippen LogP contribution in [-0.4, -0.2) is 10.9 Å². The average Bonchev–Trinajstić information content (AvgIpc) is 2.85. The van der Waals surface area contributed by atoms with Crippen LogP contribution in [0.25, 0.3) is 11.1 Å². The summed E-state index contributed by atoms with van der Waals surface area (Å²) in [5.74, 6) is 0.624. The minimum absolute atomic E-state index is 0.00980. The standard InChI is InChI=1S/C19H17ClN2O2/c1-12-21-16-11-15(6-7-17(16)24-12)22-18(23)19(8-3-9-19)13-4-2-5-14(20)10-13/h2,4-7,10-11H,3,8-9H2,1H3,(H,22,23). The lowest BCUT2D eigenvalue weighted by molar-refractivity contribution is -0.124. The van der Waals surface area contributed by atoms with Gasteiger partial charge in [0.2, 0.25) is 5.91 Å². The number of carbonyl (C=O) groups excluding carboxylic acids is 1. The molecule has 1 aliphatic rings. The molecule has 4 nitrogen and oxygen atoms in total. The third-order valence-electron chi connectivity index (χ3n) is 4.77. The van der Waals surface area contributed by atoms with Crippen LogP contribution < -0.4 is 5.32 Å². The van der Waals surface area contributed by atoms with Crippen LogP contribution in [0.2, 0.25) is 5.02 Å². The maximum atomic E-state index is 13.0. The molecule has 0 aliphatic heterocycles. The maximum absolute atomic E-state index is 13.0. The summed E-state index contributed by atoms with van der Waals surface area (Å²) < 4.78 is 5.47. The van der Waals surface area contributed by atoms with Crippen molar-refractivity contribution in [2.24, 2.45) is 0 Å². The Morgan fingerprint density at radius 2 is 2.08 bits per heavy atom. The molecule has 1 aromatic heterocycles. The molecule has 24 heavy (non-hydrogen) atoms. The van der Waals surface area contributed by atoms with Crippen LogP contribution in [0.4, 0.5) is 5.69 Å². The van der Waals surface area contributed by atoms with Gasteiger partial charge in [-0.1, -0.05) is 30.2 Å². The van der Waals surface area contributed by atoms with Gasteiger partial charge < -0.3 is 9.73 Å². The number of hydrogen-bond donors (Lipinski definition) is 1. The Labute approximate surface area is 144 Å². The number of aryl methyl sites for hydroxylation is 1. The molecule has 4 rings (SSSR count). The molecular formula is C19H17ClN2O2. The fraction of sp³-hybridized carbons (Fsp3) is 0.263. The van der Waals surface area contributed by atoms with E-state index in [-0.39, 0.29) is 5.91 Å². The van der Waals surface area contributed by atoms with Gasteiger partial charge in [0.15, 0.2) is 11.5 Å². The van der Waals surface area contributed by atoms with Gasteiger partial charge in [-0.05, 0) is 48.7 Å². The molecule has 2 aromatic carbocycles. The van der Waals surface area contributed by atoms with Crippen LogP contribution in [0, 0.1) is 6.92 Å². The van der Waals surface area contributed by atoms with Crippen LogP contribution in [0.1, 0.15) is 30.7 Å². The molecular weight excluding hydrogens is 324 g/mol. The Morgan fingerprint density at radius 1 is 1.25 bits per heavy atom. The molecule has 1 aliphatic carbocycles. The fourth-order valence-corrected chi connectivity index (χ4v) is 3.52. The number of carbonyl (C=O) groups is 1. The van der Waals surface area contributed by atoms with Crippen LogP contribution in [0.15, 0.2) is 46.9 Å². The molecule has 0 unspecified atom stereocenters. The van der Waals surface area contributed by atoms with Crippen molar-refractivity contribution in [1.29, 1.82) is 0 Å². The summed E-state index contributed by atoms with van der Waals surface area (Å²) in [6.07, 6.45) is 2.72. The number of rotatable bonds is 3. The van der Waals surface area contributed by atoms with Gasteiger partial charge in [-0.25, -0.2) is 4.98 Å². The molecule has 0 saturated heterocycles. The number of benzene rings is 2. The molecule has 0 radical (unpaired) electrons. The predicted octanol–water partition coefficient (Wildman–Crippen LogP) is 4.85. The van der Waals surface area contributed by atoms with Crippen molar-refractivity contribution in [1.82, 2.24) is 4.98 Å². The van der Waals surface area contributed by atoms with Gasteiger partial charge in [-0.3, -0.25) is 4.79 Å². The number of oxazole rings is 1. The van der Waals surface area contributed by atoms with Crippen molar-refractivity contribution in [3.8, 4) is 0 Å². The summed E-state index contributed by atoms with van der Waals surface area (Å²) in [4.78, 5) is 17.3. The average molecular weight is 341 g/mol. The third kappa shape index (κ3) is 2.47. The Morgan fingerprint density at radius 3 is 2.79 bits per heavy atom. The monoisotopic (exact) mass is 340 g/mol. The second-order valence-corrected chi connectivity index (χ2v) is 6.75. The summed E-state index contributed by atoms with van der Waals surface area (Å²) in [5, 5.41) is 3.70. The lowest BCUT2D eigenvalue weighted by atomic mass is 9.64. The van der Waals surface area contributed by atoms with Gasteiger partial charge in [0.1, 0.15) is 5.52 Å². The van der Waals surface area contributed by atoms with Crippen molar-refractivity contribution in [3.63, 3.8) is 0 Å². The zero-order chi connectivity index (χ0) is 16.7. The van der Waals surface area contributed by atoms with Crippen molar-refractivity contribution < 1.29 is 9.21 Å². The molecule has 0 spiro atoms. The number of fused-ring (bicyclic) bond motifs is 1. The molecule has 122 valence electrons. The zero-order valence-corrected chi connectivity index (χ0v) is 14.1. The van der Waals surface area contributed by atoms with E-state index >= 15 is 0 Å². The maximum Gasteiger partial charge on any atom is 0.235 e. The molecule has 1 saturated carbocycles. The number of amides is 1. The summed E-state index contributed by atoms with van der Waals surface area (Å²) in [6.45, 7) is 1.81. The molecule has 1 amide bonds. The van der Waals surface area contributed by atoms with E-state index in [1.807, 2.05) is 42.5 Å². The largest absolute Gasteiger partial charge is 0.441 e. The molecule has 1 N–H and O–H groups in total. The topological polar surface area (TPSA) is 55.1 Å². The minimum atomic E-state index is -0.487. The van der Waals surface area contributed by atoms with E-state index in [1.54, 1.807) is 6.92 Å². The van der Waals surface area contributed by atoms with E-state index in [9.17, 15) is 4.79 Å². The first-order chi connectivity index (χ1) is 11.6. The molecule has 1 fully saturated rings. The highest BCUT2D eigenvalue weighted by Crippen LogP contribution is 2.45. The Bertz CT molecular complexity index is 928.